The average molecular weight is 395 g/mol. The maximum atomic E-state index is 13.4. The first-order valence-electron chi connectivity index (χ1n) is 10.1. The molecule has 9 heteroatoms. The molecular weight excluding hydrogens is 370 g/mol. The minimum absolute atomic E-state index is 0.0209. The van der Waals surface area contributed by atoms with Crippen LogP contribution in [0, 0.1) is 6.92 Å². The Morgan fingerprint density at radius 2 is 2.00 bits per heavy atom. The van der Waals surface area contributed by atoms with Gasteiger partial charge in [0.1, 0.15) is 24.2 Å². The lowest BCUT2D eigenvalue weighted by Crippen LogP contribution is -2.38. The highest BCUT2D eigenvalue weighted by Gasteiger charge is 2.39. The van der Waals surface area contributed by atoms with Crippen molar-refractivity contribution in [2.24, 2.45) is 7.05 Å². The number of anilines is 1. The van der Waals surface area contributed by atoms with E-state index < -0.39 is 0 Å². The Morgan fingerprint density at radius 3 is 2.66 bits per heavy atom. The Balaban J connectivity index is 1.40. The van der Waals surface area contributed by atoms with Crippen molar-refractivity contribution in [1.29, 1.82) is 0 Å². The van der Waals surface area contributed by atoms with E-state index in [1.807, 2.05) is 18.9 Å². The standard InChI is InChI=1S/C20H25N7O2/c1-12-14(15-17(24-20(2)6-7-20)21-10-22-18(15)29-12)19(28)27-8-4-13(5-9-27)16-23-11-26(3)25-16/h10-11,13H,4-9H2,1-3H3,(H,21,22,24). The third kappa shape index (κ3) is 3.24. The highest BCUT2D eigenvalue weighted by Crippen LogP contribution is 2.40. The monoisotopic (exact) mass is 395 g/mol. The zero-order valence-corrected chi connectivity index (χ0v) is 17.0. The quantitative estimate of drug-likeness (QED) is 0.724. The molecule has 0 unspecified atom stereocenters. The van der Waals surface area contributed by atoms with Crippen molar-refractivity contribution in [1.82, 2.24) is 29.6 Å². The van der Waals surface area contributed by atoms with Gasteiger partial charge in [0.2, 0.25) is 5.71 Å². The molecule has 1 saturated carbocycles. The second-order valence-electron chi connectivity index (χ2n) is 8.46. The second kappa shape index (κ2) is 6.53. The van der Waals surface area contributed by atoms with Gasteiger partial charge in [0, 0.05) is 31.6 Å². The first-order valence-corrected chi connectivity index (χ1v) is 10.1. The van der Waals surface area contributed by atoms with Gasteiger partial charge in [-0.25, -0.2) is 15.0 Å². The first-order chi connectivity index (χ1) is 13.9. The van der Waals surface area contributed by atoms with Gasteiger partial charge < -0.3 is 14.6 Å². The SMILES string of the molecule is Cc1oc2ncnc(NC3(C)CC3)c2c1C(=O)N1CCC(c2ncn(C)n2)CC1. The molecule has 2 aliphatic rings. The fourth-order valence-electron chi connectivity index (χ4n) is 4.04. The van der Waals surface area contributed by atoms with Crippen LogP contribution in [0.4, 0.5) is 5.82 Å². The van der Waals surface area contributed by atoms with Gasteiger partial charge in [-0.05, 0) is 39.5 Å². The predicted octanol–water partition coefficient (Wildman–Crippen LogP) is 2.64. The van der Waals surface area contributed by atoms with Crippen molar-refractivity contribution in [2.45, 2.75) is 51.0 Å². The normalized spacial score (nSPS) is 18.9. The smallest absolute Gasteiger partial charge is 0.258 e. The van der Waals surface area contributed by atoms with Crippen molar-refractivity contribution < 1.29 is 9.21 Å². The number of hydrogen-bond acceptors (Lipinski definition) is 7. The number of fused-ring (bicyclic) bond motifs is 1. The van der Waals surface area contributed by atoms with Crippen LogP contribution in [0.1, 0.15) is 60.5 Å². The van der Waals surface area contributed by atoms with E-state index in [1.165, 1.54) is 6.33 Å². The van der Waals surface area contributed by atoms with E-state index in [0.717, 1.165) is 31.5 Å². The summed E-state index contributed by atoms with van der Waals surface area (Å²) in [6.45, 7) is 5.32. The summed E-state index contributed by atoms with van der Waals surface area (Å²) in [5.41, 5.74) is 1.07. The van der Waals surface area contributed by atoms with E-state index in [-0.39, 0.29) is 17.4 Å². The predicted molar refractivity (Wildman–Crippen MR) is 107 cm³/mol. The topological polar surface area (TPSA) is 102 Å². The molecule has 3 aromatic heterocycles. The number of likely N-dealkylation sites (tertiary alicyclic amines) is 1. The number of nitrogens with one attached hydrogen (secondary N) is 1. The molecule has 1 N–H and O–H groups in total. The summed E-state index contributed by atoms with van der Waals surface area (Å²) in [5.74, 6) is 2.40. The molecule has 4 heterocycles. The third-order valence-electron chi connectivity index (χ3n) is 6.06. The number of carbonyl (C=O) groups excluding carboxylic acids is 1. The van der Waals surface area contributed by atoms with E-state index in [0.29, 0.717) is 41.3 Å². The maximum absolute atomic E-state index is 13.4. The lowest BCUT2D eigenvalue weighted by atomic mass is 9.95. The van der Waals surface area contributed by atoms with Crippen LogP contribution >= 0.6 is 0 Å². The fourth-order valence-corrected chi connectivity index (χ4v) is 4.04. The Morgan fingerprint density at radius 1 is 1.24 bits per heavy atom. The molecular formula is C20H25N7O2. The molecule has 0 radical (unpaired) electrons. The van der Waals surface area contributed by atoms with E-state index in [2.05, 4.69) is 32.3 Å². The summed E-state index contributed by atoms with van der Waals surface area (Å²) in [6, 6.07) is 0. The molecule has 29 heavy (non-hydrogen) atoms. The molecule has 1 aliphatic heterocycles. The number of furan rings is 1. The van der Waals surface area contributed by atoms with E-state index >= 15 is 0 Å². The van der Waals surface area contributed by atoms with Crippen molar-refractivity contribution in [3.8, 4) is 0 Å². The van der Waals surface area contributed by atoms with Gasteiger partial charge in [-0.15, -0.1) is 0 Å². The van der Waals surface area contributed by atoms with E-state index in [4.69, 9.17) is 4.42 Å². The Bertz CT molecular complexity index is 1070. The average Bonchev–Trinajstić information content (AvgIpc) is 3.11. The van der Waals surface area contributed by atoms with Gasteiger partial charge in [-0.3, -0.25) is 9.48 Å². The lowest BCUT2D eigenvalue weighted by Gasteiger charge is -2.30. The summed E-state index contributed by atoms with van der Waals surface area (Å²) in [6.07, 6.45) is 7.09. The minimum Gasteiger partial charge on any atom is -0.442 e. The number of hydrogen-bond donors (Lipinski definition) is 1. The Kier molecular flexibility index (Phi) is 4.07. The molecule has 5 rings (SSSR count). The maximum Gasteiger partial charge on any atom is 0.258 e. The summed E-state index contributed by atoms with van der Waals surface area (Å²) >= 11 is 0. The molecule has 2 fully saturated rings. The van der Waals surface area contributed by atoms with Gasteiger partial charge in [-0.1, -0.05) is 0 Å². The summed E-state index contributed by atoms with van der Waals surface area (Å²) in [4.78, 5) is 28.4. The molecule has 1 aliphatic carbocycles. The first kappa shape index (κ1) is 18.1. The van der Waals surface area contributed by atoms with Crippen molar-refractivity contribution in [2.75, 3.05) is 18.4 Å². The van der Waals surface area contributed by atoms with Crippen molar-refractivity contribution >= 4 is 22.8 Å². The zero-order valence-electron chi connectivity index (χ0n) is 17.0. The molecule has 152 valence electrons. The minimum atomic E-state index is -0.0209. The number of aryl methyl sites for hydroxylation is 2. The molecule has 1 saturated heterocycles. The Labute approximate surface area is 168 Å². The summed E-state index contributed by atoms with van der Waals surface area (Å²) < 4.78 is 7.54. The van der Waals surface area contributed by atoms with E-state index in [9.17, 15) is 4.79 Å². The number of carbonyl (C=O) groups is 1. The van der Waals surface area contributed by atoms with Crippen LogP contribution in [0.3, 0.4) is 0 Å². The number of rotatable bonds is 4. The molecule has 9 nitrogen and oxygen atoms in total. The third-order valence-corrected chi connectivity index (χ3v) is 6.06. The van der Waals surface area contributed by atoms with E-state index in [1.54, 1.807) is 11.0 Å². The zero-order chi connectivity index (χ0) is 20.2. The molecule has 0 aromatic carbocycles. The van der Waals surface area contributed by atoms with Gasteiger partial charge in [0.15, 0.2) is 5.82 Å². The highest BCUT2D eigenvalue weighted by atomic mass is 16.3. The molecule has 0 bridgehead atoms. The van der Waals surface area contributed by atoms with Crippen molar-refractivity contribution in [3.63, 3.8) is 0 Å². The van der Waals surface area contributed by atoms with Crippen LogP contribution in [-0.2, 0) is 7.05 Å². The van der Waals surface area contributed by atoms with Crippen LogP contribution in [0.2, 0.25) is 0 Å². The van der Waals surface area contributed by atoms with Gasteiger partial charge in [-0.2, -0.15) is 5.10 Å². The second-order valence-corrected chi connectivity index (χ2v) is 8.46. The molecule has 0 atom stereocenters. The number of piperidine rings is 1. The summed E-state index contributed by atoms with van der Waals surface area (Å²) in [7, 11) is 1.87. The fraction of sp³-hybridized carbons (Fsp3) is 0.550. The highest BCUT2D eigenvalue weighted by molar-refractivity contribution is 6.10. The van der Waals surface area contributed by atoms with Gasteiger partial charge in [0.05, 0.1) is 10.9 Å². The molecule has 1 amide bonds. The van der Waals surface area contributed by atoms with Gasteiger partial charge in [0.25, 0.3) is 5.91 Å². The summed E-state index contributed by atoms with van der Waals surface area (Å²) in [5, 5.41) is 8.59. The van der Waals surface area contributed by atoms with Crippen LogP contribution in [0.15, 0.2) is 17.1 Å². The van der Waals surface area contributed by atoms with Crippen LogP contribution in [-0.4, -0.2) is 54.2 Å². The van der Waals surface area contributed by atoms with Crippen LogP contribution < -0.4 is 5.32 Å². The molecule has 3 aromatic rings. The van der Waals surface area contributed by atoms with Crippen molar-refractivity contribution in [3.05, 3.63) is 29.8 Å². The molecule has 0 spiro atoms. The Hall–Kier alpha value is -2.97. The number of aromatic nitrogens is 5. The van der Waals surface area contributed by atoms with Crippen LogP contribution in [0.5, 0.6) is 0 Å². The number of amides is 1. The van der Waals surface area contributed by atoms with Crippen LogP contribution in [0.25, 0.3) is 11.1 Å². The largest absolute Gasteiger partial charge is 0.442 e. The van der Waals surface area contributed by atoms with Gasteiger partial charge >= 0.3 is 0 Å². The lowest BCUT2D eigenvalue weighted by molar-refractivity contribution is 0.0711. The number of nitrogens with zero attached hydrogens (tertiary/aromatic N) is 6.